The number of thiophene rings is 1. The average molecular weight is 495 g/mol. The Labute approximate surface area is 202 Å². The molecule has 0 spiro atoms. The molecule has 1 fully saturated rings. The number of hydrogen-bond donors (Lipinski definition) is 2. The number of aromatic amines is 1. The number of nitrogens with one attached hydrogen (secondary N) is 2. The van der Waals surface area contributed by atoms with Crippen LogP contribution < -0.4 is 4.72 Å². The highest BCUT2D eigenvalue weighted by atomic mass is 32.2. The first-order valence-electron chi connectivity index (χ1n) is 11.3. The number of likely N-dealkylation sites (tertiary alicyclic amines) is 1. The fourth-order valence-corrected chi connectivity index (χ4v) is 6.26. The van der Waals surface area contributed by atoms with Crippen LogP contribution >= 0.6 is 11.3 Å². The summed E-state index contributed by atoms with van der Waals surface area (Å²) in [6.45, 7) is 1.67. The van der Waals surface area contributed by atoms with E-state index in [1.807, 2.05) is 34.7 Å². The Balaban J connectivity index is 1.18. The maximum absolute atomic E-state index is 13.0. The van der Waals surface area contributed by atoms with Crippen LogP contribution in [0, 0.1) is 0 Å². The maximum Gasteiger partial charge on any atom is 0.253 e. The number of benzene rings is 1. The lowest BCUT2D eigenvalue weighted by Gasteiger charge is -2.32. The molecule has 3 aromatic heterocycles. The molecule has 2 N–H and O–H groups in total. The third kappa shape index (κ3) is 4.77. The minimum absolute atomic E-state index is 0.0614. The standard InChI is InChI=1S/C25H26N4O3S2/c30-25(29-14-10-18(11-15-29)23-17-27-24-22(23)4-1-12-26-24)19-5-7-21(8-6-19)34(31,32)28-13-9-20-3-2-16-33-20/h1-8,12,16-18,28H,9-11,13-15H2,(H,26,27). The highest BCUT2D eigenvalue weighted by Gasteiger charge is 2.26. The van der Waals surface area contributed by atoms with Crippen LogP contribution in [0.1, 0.15) is 39.6 Å². The van der Waals surface area contributed by atoms with Crippen molar-refractivity contribution in [2.24, 2.45) is 0 Å². The molecular formula is C25H26N4O3S2. The van der Waals surface area contributed by atoms with Gasteiger partial charge in [0.15, 0.2) is 0 Å². The normalized spacial score (nSPS) is 15.1. The molecule has 4 aromatic rings. The van der Waals surface area contributed by atoms with E-state index in [9.17, 15) is 13.2 Å². The number of carbonyl (C=O) groups is 1. The fourth-order valence-electron chi connectivity index (χ4n) is 4.51. The van der Waals surface area contributed by atoms with Crippen LogP contribution in [-0.4, -0.2) is 48.8 Å². The van der Waals surface area contributed by atoms with Crippen LogP contribution in [0.3, 0.4) is 0 Å². The van der Waals surface area contributed by atoms with Crippen molar-refractivity contribution in [3.05, 3.63) is 82.3 Å². The van der Waals surface area contributed by atoms with Crippen molar-refractivity contribution < 1.29 is 13.2 Å². The zero-order chi connectivity index (χ0) is 23.5. The van der Waals surface area contributed by atoms with E-state index in [1.165, 1.54) is 17.7 Å². The summed E-state index contributed by atoms with van der Waals surface area (Å²) >= 11 is 1.61. The summed E-state index contributed by atoms with van der Waals surface area (Å²) in [6.07, 6.45) is 6.23. The van der Waals surface area contributed by atoms with E-state index in [0.717, 1.165) is 28.8 Å². The molecule has 5 rings (SSSR count). The molecule has 1 aliphatic heterocycles. The van der Waals surface area contributed by atoms with Crippen LogP contribution in [0.5, 0.6) is 0 Å². The van der Waals surface area contributed by atoms with E-state index in [4.69, 9.17) is 0 Å². The minimum atomic E-state index is -3.61. The van der Waals surface area contributed by atoms with Crippen molar-refractivity contribution in [3.63, 3.8) is 0 Å². The van der Waals surface area contributed by atoms with Gasteiger partial charge in [-0.3, -0.25) is 4.79 Å². The number of rotatable bonds is 7. The van der Waals surface area contributed by atoms with Gasteiger partial charge in [0.05, 0.1) is 4.90 Å². The maximum atomic E-state index is 13.0. The first-order chi connectivity index (χ1) is 16.5. The monoisotopic (exact) mass is 494 g/mol. The predicted octanol–water partition coefficient (Wildman–Crippen LogP) is 4.17. The van der Waals surface area contributed by atoms with E-state index in [1.54, 1.807) is 29.7 Å². The van der Waals surface area contributed by atoms with Crippen LogP contribution in [0.25, 0.3) is 11.0 Å². The van der Waals surface area contributed by atoms with Gasteiger partial charge >= 0.3 is 0 Å². The van der Waals surface area contributed by atoms with Gasteiger partial charge in [0, 0.05) is 47.9 Å². The highest BCUT2D eigenvalue weighted by Crippen LogP contribution is 2.33. The summed E-state index contributed by atoms with van der Waals surface area (Å²) in [4.78, 5) is 23.8. The van der Waals surface area contributed by atoms with Gasteiger partial charge in [-0.25, -0.2) is 18.1 Å². The third-order valence-electron chi connectivity index (χ3n) is 6.36. The molecule has 1 amide bonds. The largest absolute Gasteiger partial charge is 0.346 e. The third-order valence-corrected chi connectivity index (χ3v) is 8.77. The van der Waals surface area contributed by atoms with Crippen molar-refractivity contribution in [2.45, 2.75) is 30.1 Å². The predicted molar refractivity (Wildman–Crippen MR) is 134 cm³/mol. The topological polar surface area (TPSA) is 95.2 Å². The van der Waals surface area contributed by atoms with E-state index in [2.05, 4.69) is 20.8 Å². The molecular weight excluding hydrogens is 468 g/mol. The van der Waals surface area contributed by atoms with E-state index < -0.39 is 10.0 Å². The Kier molecular flexibility index (Phi) is 6.49. The molecule has 0 saturated carbocycles. The summed E-state index contributed by atoms with van der Waals surface area (Å²) in [7, 11) is -3.61. The minimum Gasteiger partial charge on any atom is -0.346 e. The Morgan fingerprint density at radius 2 is 1.91 bits per heavy atom. The lowest BCUT2D eigenvalue weighted by atomic mass is 9.89. The van der Waals surface area contributed by atoms with Crippen molar-refractivity contribution in [3.8, 4) is 0 Å². The van der Waals surface area contributed by atoms with Gasteiger partial charge in [0.2, 0.25) is 10.0 Å². The Morgan fingerprint density at radius 3 is 2.65 bits per heavy atom. The second kappa shape index (κ2) is 9.69. The van der Waals surface area contributed by atoms with Crippen LogP contribution in [0.2, 0.25) is 0 Å². The van der Waals surface area contributed by atoms with Gasteiger partial charge in [0.1, 0.15) is 5.65 Å². The lowest BCUT2D eigenvalue weighted by Crippen LogP contribution is -2.37. The van der Waals surface area contributed by atoms with E-state index >= 15 is 0 Å². The summed E-state index contributed by atoms with van der Waals surface area (Å²) in [5, 5.41) is 3.12. The van der Waals surface area contributed by atoms with Gasteiger partial charge in [-0.05, 0) is 78.6 Å². The number of sulfonamides is 1. The number of H-pyrrole nitrogens is 1. The summed E-state index contributed by atoms with van der Waals surface area (Å²) < 4.78 is 27.8. The highest BCUT2D eigenvalue weighted by molar-refractivity contribution is 7.89. The number of aromatic nitrogens is 2. The van der Waals surface area contributed by atoms with Crippen molar-refractivity contribution >= 4 is 38.3 Å². The van der Waals surface area contributed by atoms with Crippen LogP contribution in [0.4, 0.5) is 0 Å². The molecule has 1 aliphatic rings. The van der Waals surface area contributed by atoms with Crippen molar-refractivity contribution in [1.29, 1.82) is 0 Å². The Hall–Kier alpha value is -3.01. The number of hydrogen-bond acceptors (Lipinski definition) is 5. The number of piperidine rings is 1. The number of amides is 1. The zero-order valence-corrected chi connectivity index (χ0v) is 20.2. The van der Waals surface area contributed by atoms with Crippen LogP contribution in [-0.2, 0) is 16.4 Å². The number of carbonyl (C=O) groups excluding carboxylic acids is 1. The number of nitrogens with zero attached hydrogens (tertiary/aromatic N) is 2. The van der Waals surface area contributed by atoms with Gasteiger partial charge in [-0.15, -0.1) is 11.3 Å². The molecule has 0 radical (unpaired) electrons. The molecule has 9 heteroatoms. The van der Waals surface area contributed by atoms with E-state index in [-0.39, 0.29) is 10.8 Å². The molecule has 4 heterocycles. The SMILES string of the molecule is O=C(c1ccc(S(=O)(=O)NCCc2cccs2)cc1)N1CCC(c2c[nH]c3ncccc23)CC1. The summed E-state index contributed by atoms with van der Waals surface area (Å²) in [5.41, 5.74) is 2.66. The van der Waals surface area contributed by atoms with Crippen LogP contribution in [0.15, 0.2) is 71.2 Å². The Morgan fingerprint density at radius 1 is 1.12 bits per heavy atom. The second-order valence-electron chi connectivity index (χ2n) is 8.46. The zero-order valence-electron chi connectivity index (χ0n) is 18.6. The smallest absolute Gasteiger partial charge is 0.253 e. The summed E-state index contributed by atoms with van der Waals surface area (Å²) in [5.74, 6) is 0.323. The number of pyridine rings is 1. The van der Waals surface area contributed by atoms with Gasteiger partial charge in [-0.1, -0.05) is 6.07 Å². The number of fused-ring (bicyclic) bond motifs is 1. The summed E-state index contributed by atoms with van der Waals surface area (Å²) in [6, 6.07) is 14.2. The fraction of sp³-hybridized carbons (Fsp3) is 0.280. The average Bonchev–Trinajstić information content (AvgIpc) is 3.54. The van der Waals surface area contributed by atoms with Gasteiger partial charge < -0.3 is 9.88 Å². The molecule has 0 bridgehead atoms. The molecule has 34 heavy (non-hydrogen) atoms. The quantitative estimate of drug-likeness (QED) is 0.403. The molecule has 0 aliphatic carbocycles. The van der Waals surface area contributed by atoms with E-state index in [0.29, 0.717) is 37.5 Å². The Bertz CT molecular complexity index is 1370. The molecule has 7 nitrogen and oxygen atoms in total. The van der Waals surface area contributed by atoms with Crippen molar-refractivity contribution in [1.82, 2.24) is 19.6 Å². The molecule has 0 unspecified atom stereocenters. The van der Waals surface area contributed by atoms with Gasteiger partial charge in [0.25, 0.3) is 5.91 Å². The first-order valence-corrected chi connectivity index (χ1v) is 13.7. The molecule has 176 valence electrons. The molecule has 1 aromatic carbocycles. The first kappa shape index (κ1) is 22.8. The van der Waals surface area contributed by atoms with Gasteiger partial charge in [-0.2, -0.15) is 0 Å². The lowest BCUT2D eigenvalue weighted by molar-refractivity contribution is 0.0713. The molecule has 1 saturated heterocycles. The molecule has 0 atom stereocenters. The van der Waals surface area contributed by atoms with Crippen molar-refractivity contribution in [2.75, 3.05) is 19.6 Å². The second-order valence-corrected chi connectivity index (χ2v) is 11.3.